The molecule has 2 unspecified atom stereocenters. The molecule has 0 fully saturated rings. The molecule has 6 nitrogen and oxygen atoms in total. The highest BCUT2D eigenvalue weighted by Gasteiger charge is 2.13. The highest BCUT2D eigenvalue weighted by molar-refractivity contribution is 7.84. The third-order valence-electron chi connectivity index (χ3n) is 1.53. The van der Waals surface area contributed by atoms with E-state index in [1.54, 1.807) is 6.26 Å². The van der Waals surface area contributed by atoms with Gasteiger partial charge in [-0.15, -0.1) is 0 Å². The molecule has 1 aromatic heterocycles. The van der Waals surface area contributed by atoms with Crippen LogP contribution >= 0.6 is 11.3 Å². The SMILES string of the molecule is CC(CS(C)=O)Nc1ncc([N+](=O)[O-])s1. The maximum absolute atomic E-state index is 10.9. The smallest absolute Gasteiger partial charge is 0.345 e. The Kier molecular flexibility index (Phi) is 4.15. The van der Waals surface area contributed by atoms with Gasteiger partial charge in [0.15, 0.2) is 5.13 Å². The number of hydrogen-bond donors (Lipinski definition) is 1. The second kappa shape index (κ2) is 5.17. The Morgan fingerprint density at radius 1 is 1.80 bits per heavy atom. The van der Waals surface area contributed by atoms with Crippen LogP contribution in [0.15, 0.2) is 6.20 Å². The molecule has 0 saturated heterocycles. The third kappa shape index (κ3) is 3.92. The Bertz CT molecular complexity index is 379. The molecular weight excluding hydrogens is 238 g/mol. The van der Waals surface area contributed by atoms with E-state index >= 15 is 0 Å². The number of anilines is 1. The molecule has 0 bridgehead atoms. The van der Waals surface area contributed by atoms with Gasteiger partial charge in [0.25, 0.3) is 0 Å². The zero-order valence-electron chi connectivity index (χ0n) is 8.30. The van der Waals surface area contributed by atoms with Gasteiger partial charge in [-0.1, -0.05) is 0 Å². The van der Waals surface area contributed by atoms with Crippen molar-refractivity contribution in [1.29, 1.82) is 0 Å². The van der Waals surface area contributed by atoms with Crippen molar-refractivity contribution in [1.82, 2.24) is 4.98 Å². The molecule has 1 aromatic rings. The Hall–Kier alpha value is -1.02. The minimum atomic E-state index is -0.891. The quantitative estimate of drug-likeness (QED) is 0.626. The van der Waals surface area contributed by atoms with Crippen molar-refractivity contribution < 1.29 is 9.13 Å². The number of aromatic nitrogens is 1. The molecule has 15 heavy (non-hydrogen) atoms. The minimum absolute atomic E-state index is 0.00215. The van der Waals surface area contributed by atoms with Gasteiger partial charge in [0.1, 0.15) is 6.20 Å². The van der Waals surface area contributed by atoms with Crippen LogP contribution in [0.3, 0.4) is 0 Å². The van der Waals surface area contributed by atoms with E-state index in [0.717, 1.165) is 11.3 Å². The number of rotatable bonds is 5. The van der Waals surface area contributed by atoms with Crippen LogP contribution in [0.2, 0.25) is 0 Å². The summed E-state index contributed by atoms with van der Waals surface area (Å²) in [5.74, 6) is 0.493. The summed E-state index contributed by atoms with van der Waals surface area (Å²) < 4.78 is 10.9. The van der Waals surface area contributed by atoms with Crippen LogP contribution in [-0.2, 0) is 10.8 Å². The van der Waals surface area contributed by atoms with E-state index in [1.807, 2.05) is 6.92 Å². The predicted octanol–water partition coefficient (Wildman–Crippen LogP) is 1.23. The largest absolute Gasteiger partial charge is 0.358 e. The molecule has 2 atom stereocenters. The van der Waals surface area contributed by atoms with Gasteiger partial charge in [-0.2, -0.15) is 0 Å². The molecule has 0 aliphatic rings. The summed E-state index contributed by atoms with van der Waals surface area (Å²) in [6, 6.07) is -0.0124. The van der Waals surface area contributed by atoms with Gasteiger partial charge in [0.2, 0.25) is 0 Å². The summed E-state index contributed by atoms with van der Waals surface area (Å²) in [7, 11) is -0.891. The van der Waals surface area contributed by atoms with Gasteiger partial charge in [-0.25, -0.2) is 4.98 Å². The summed E-state index contributed by atoms with van der Waals surface area (Å²) in [6.45, 7) is 1.86. The highest BCUT2D eigenvalue weighted by Crippen LogP contribution is 2.25. The maximum Gasteiger partial charge on any atom is 0.345 e. The van der Waals surface area contributed by atoms with Crippen LogP contribution in [-0.4, -0.2) is 32.2 Å². The van der Waals surface area contributed by atoms with Crippen molar-refractivity contribution in [2.75, 3.05) is 17.3 Å². The van der Waals surface area contributed by atoms with Crippen molar-refractivity contribution in [3.63, 3.8) is 0 Å². The molecule has 0 spiro atoms. The Labute approximate surface area is 93.3 Å². The van der Waals surface area contributed by atoms with Crippen molar-refractivity contribution in [2.24, 2.45) is 0 Å². The molecule has 0 radical (unpaired) electrons. The third-order valence-corrected chi connectivity index (χ3v) is 3.38. The molecule has 84 valence electrons. The van der Waals surface area contributed by atoms with Gasteiger partial charge in [-0.3, -0.25) is 14.3 Å². The molecule has 1 heterocycles. The lowest BCUT2D eigenvalue weighted by Gasteiger charge is -2.09. The van der Waals surface area contributed by atoms with Gasteiger partial charge >= 0.3 is 5.00 Å². The predicted molar refractivity (Wildman–Crippen MR) is 60.8 cm³/mol. The van der Waals surface area contributed by atoms with E-state index in [1.165, 1.54) is 6.20 Å². The first-order valence-electron chi connectivity index (χ1n) is 4.16. The first-order chi connectivity index (χ1) is 6.99. The van der Waals surface area contributed by atoms with Gasteiger partial charge in [0.05, 0.1) is 4.92 Å². The van der Waals surface area contributed by atoms with Crippen LogP contribution in [0.1, 0.15) is 6.92 Å². The summed E-state index contributed by atoms with van der Waals surface area (Å²) >= 11 is 0.976. The fourth-order valence-electron chi connectivity index (χ4n) is 1.02. The second-order valence-corrected chi connectivity index (χ2v) is 5.53. The monoisotopic (exact) mass is 249 g/mol. The molecule has 1 N–H and O–H groups in total. The lowest BCUT2D eigenvalue weighted by atomic mass is 10.4. The maximum atomic E-state index is 10.9. The summed E-state index contributed by atoms with van der Waals surface area (Å²) in [5.41, 5.74) is 0. The van der Waals surface area contributed by atoms with Crippen molar-refractivity contribution in [2.45, 2.75) is 13.0 Å². The molecule has 0 amide bonds. The Morgan fingerprint density at radius 2 is 2.47 bits per heavy atom. The lowest BCUT2D eigenvalue weighted by Crippen LogP contribution is -2.21. The van der Waals surface area contributed by atoms with Crippen LogP contribution in [0.25, 0.3) is 0 Å². The van der Waals surface area contributed by atoms with Crippen molar-refractivity contribution >= 4 is 32.3 Å². The highest BCUT2D eigenvalue weighted by atomic mass is 32.2. The van der Waals surface area contributed by atoms with Crippen LogP contribution in [0.4, 0.5) is 10.1 Å². The number of thiazole rings is 1. The van der Waals surface area contributed by atoms with Gasteiger partial charge in [-0.05, 0) is 18.3 Å². The Balaban J connectivity index is 2.57. The fraction of sp³-hybridized carbons (Fsp3) is 0.571. The van der Waals surface area contributed by atoms with E-state index in [4.69, 9.17) is 0 Å². The number of nitrogens with one attached hydrogen (secondary N) is 1. The van der Waals surface area contributed by atoms with Crippen LogP contribution in [0, 0.1) is 10.1 Å². The number of nitro groups is 1. The van der Waals surface area contributed by atoms with Crippen molar-refractivity contribution in [3.8, 4) is 0 Å². The molecule has 0 aromatic carbocycles. The minimum Gasteiger partial charge on any atom is -0.358 e. The summed E-state index contributed by atoms with van der Waals surface area (Å²) in [4.78, 5) is 13.7. The standard InChI is InChI=1S/C7H11N3O3S2/c1-5(4-15(2)13)9-7-8-3-6(14-7)10(11)12/h3,5H,4H2,1-2H3,(H,8,9). The Morgan fingerprint density at radius 3 is 2.93 bits per heavy atom. The molecule has 0 aliphatic heterocycles. The normalized spacial score (nSPS) is 14.5. The molecule has 1 rings (SSSR count). The van der Waals surface area contributed by atoms with E-state index in [-0.39, 0.29) is 11.0 Å². The fourth-order valence-corrected chi connectivity index (χ4v) is 2.55. The summed E-state index contributed by atoms with van der Waals surface area (Å²) in [6.07, 6.45) is 2.82. The first-order valence-corrected chi connectivity index (χ1v) is 6.70. The van der Waals surface area contributed by atoms with E-state index in [0.29, 0.717) is 10.9 Å². The van der Waals surface area contributed by atoms with E-state index in [9.17, 15) is 14.3 Å². The van der Waals surface area contributed by atoms with Crippen LogP contribution in [0.5, 0.6) is 0 Å². The zero-order chi connectivity index (χ0) is 11.4. The number of nitrogens with zero attached hydrogens (tertiary/aromatic N) is 2. The average molecular weight is 249 g/mol. The first kappa shape index (κ1) is 12.1. The number of hydrogen-bond acceptors (Lipinski definition) is 6. The van der Waals surface area contributed by atoms with E-state index in [2.05, 4.69) is 10.3 Å². The topological polar surface area (TPSA) is 85.1 Å². The molecular formula is C7H11N3O3S2. The van der Waals surface area contributed by atoms with E-state index < -0.39 is 15.7 Å². The molecule has 0 aliphatic carbocycles. The molecule has 0 saturated carbocycles. The van der Waals surface area contributed by atoms with Gasteiger partial charge in [0, 0.05) is 28.9 Å². The second-order valence-electron chi connectivity index (χ2n) is 3.05. The van der Waals surface area contributed by atoms with Crippen molar-refractivity contribution in [3.05, 3.63) is 16.3 Å². The average Bonchev–Trinajstić information content (AvgIpc) is 2.50. The summed E-state index contributed by atoms with van der Waals surface area (Å²) in [5, 5.41) is 13.8. The van der Waals surface area contributed by atoms with Gasteiger partial charge < -0.3 is 5.32 Å². The zero-order valence-corrected chi connectivity index (χ0v) is 9.93. The lowest BCUT2D eigenvalue weighted by molar-refractivity contribution is -0.380. The van der Waals surface area contributed by atoms with Crippen LogP contribution < -0.4 is 5.32 Å². The molecule has 8 heteroatoms.